The van der Waals surface area contributed by atoms with Gasteiger partial charge in [0, 0.05) is 25.5 Å². The Morgan fingerprint density at radius 2 is 0.548 bits per heavy atom. The summed E-state index contributed by atoms with van der Waals surface area (Å²) in [5.41, 5.74) is 0. The lowest BCUT2D eigenvalue weighted by Gasteiger charge is -2.33. The van der Waals surface area contributed by atoms with Crippen LogP contribution in [0.4, 0.5) is 0 Å². The molecule has 250 valence electrons. The predicted octanol–water partition coefficient (Wildman–Crippen LogP) is 13.9. The van der Waals surface area contributed by atoms with Crippen molar-refractivity contribution in [2.24, 2.45) is 0 Å². The van der Waals surface area contributed by atoms with Crippen LogP contribution in [0.5, 0.6) is 0 Å². The van der Waals surface area contributed by atoms with Crippen molar-refractivity contribution in [3.8, 4) is 0 Å². The Balaban J connectivity index is 2.12. The van der Waals surface area contributed by atoms with Crippen molar-refractivity contribution in [1.29, 1.82) is 0 Å². The SMILES string of the molecule is CCCCCCCCCCCCCCCCN1C=CN(CCCCCCCCCCCCCC)C1CCCCCCC. The number of hydrogen-bond acceptors (Lipinski definition) is 2. The summed E-state index contributed by atoms with van der Waals surface area (Å²) in [4.78, 5) is 5.42. The van der Waals surface area contributed by atoms with Crippen LogP contribution in [-0.4, -0.2) is 29.1 Å². The quantitative estimate of drug-likeness (QED) is 0.0690. The first-order valence-corrected chi connectivity index (χ1v) is 20.0. The maximum Gasteiger partial charge on any atom is 0.101 e. The van der Waals surface area contributed by atoms with Gasteiger partial charge in [-0.05, 0) is 25.7 Å². The molecule has 0 fully saturated rings. The first-order valence-electron chi connectivity index (χ1n) is 20.0. The van der Waals surface area contributed by atoms with Crippen molar-refractivity contribution in [3.05, 3.63) is 12.4 Å². The van der Waals surface area contributed by atoms with Crippen LogP contribution in [0.3, 0.4) is 0 Å². The molecule has 0 radical (unpaired) electrons. The van der Waals surface area contributed by atoms with Crippen molar-refractivity contribution in [1.82, 2.24) is 9.80 Å². The Hall–Kier alpha value is -0.660. The van der Waals surface area contributed by atoms with Gasteiger partial charge in [0.15, 0.2) is 0 Å². The third-order valence-electron chi connectivity index (χ3n) is 9.82. The molecule has 42 heavy (non-hydrogen) atoms. The summed E-state index contributed by atoms with van der Waals surface area (Å²) in [5.74, 6) is 0. The molecule has 0 amide bonds. The third-order valence-corrected chi connectivity index (χ3v) is 9.82. The molecule has 0 aromatic heterocycles. The van der Waals surface area contributed by atoms with E-state index in [-0.39, 0.29) is 0 Å². The summed E-state index contributed by atoms with van der Waals surface area (Å²) in [7, 11) is 0. The average Bonchev–Trinajstić information content (AvgIpc) is 3.38. The second-order valence-corrected chi connectivity index (χ2v) is 13.9. The minimum Gasteiger partial charge on any atom is -0.356 e. The van der Waals surface area contributed by atoms with E-state index in [0.717, 1.165) is 0 Å². The Bertz CT molecular complexity index is 544. The van der Waals surface area contributed by atoms with E-state index in [2.05, 4.69) is 43.0 Å². The van der Waals surface area contributed by atoms with Crippen LogP contribution in [0, 0.1) is 0 Å². The summed E-state index contributed by atoms with van der Waals surface area (Å²) >= 11 is 0. The summed E-state index contributed by atoms with van der Waals surface area (Å²) in [6.07, 6.45) is 51.4. The highest BCUT2D eigenvalue weighted by Crippen LogP contribution is 2.24. The number of rotatable bonds is 34. The molecule has 0 spiro atoms. The van der Waals surface area contributed by atoms with Gasteiger partial charge in [-0.15, -0.1) is 0 Å². The van der Waals surface area contributed by atoms with Crippen LogP contribution in [0.1, 0.15) is 226 Å². The zero-order valence-corrected chi connectivity index (χ0v) is 29.7. The molecule has 0 saturated carbocycles. The molecule has 1 aliphatic rings. The Labute approximate surface area is 267 Å². The molecule has 0 bridgehead atoms. The Morgan fingerprint density at radius 3 is 0.833 bits per heavy atom. The van der Waals surface area contributed by atoms with Crippen LogP contribution in [0.2, 0.25) is 0 Å². The largest absolute Gasteiger partial charge is 0.356 e. The van der Waals surface area contributed by atoms with Gasteiger partial charge in [0.2, 0.25) is 0 Å². The summed E-state index contributed by atoms with van der Waals surface area (Å²) in [5, 5.41) is 0. The second-order valence-electron chi connectivity index (χ2n) is 13.9. The minimum atomic E-state index is 0.640. The topological polar surface area (TPSA) is 6.48 Å². The average molecular weight is 589 g/mol. The molecule has 1 unspecified atom stereocenters. The molecule has 1 atom stereocenters. The molecule has 0 aromatic rings. The van der Waals surface area contributed by atoms with Crippen LogP contribution < -0.4 is 0 Å². The smallest absolute Gasteiger partial charge is 0.101 e. The highest BCUT2D eigenvalue weighted by Gasteiger charge is 2.24. The van der Waals surface area contributed by atoms with Gasteiger partial charge in [0.1, 0.15) is 6.17 Å². The van der Waals surface area contributed by atoms with E-state index in [1.54, 1.807) is 0 Å². The van der Waals surface area contributed by atoms with E-state index in [9.17, 15) is 0 Å². The van der Waals surface area contributed by atoms with Gasteiger partial charge >= 0.3 is 0 Å². The minimum absolute atomic E-state index is 0.640. The maximum atomic E-state index is 2.71. The standard InChI is InChI=1S/C40H80N2/c1-4-7-10-13-15-17-19-21-22-24-26-28-31-34-37-42-39-38-41(40(42)35-32-29-12-9-6-3)36-33-30-27-25-23-20-18-16-14-11-8-5-2/h38-40H,4-37H2,1-3H3. The third kappa shape index (κ3) is 23.8. The van der Waals surface area contributed by atoms with E-state index >= 15 is 0 Å². The fraction of sp³-hybridized carbons (Fsp3) is 0.950. The predicted molar refractivity (Wildman–Crippen MR) is 191 cm³/mol. The van der Waals surface area contributed by atoms with Gasteiger partial charge in [0.05, 0.1) is 0 Å². The summed E-state index contributed by atoms with van der Waals surface area (Å²) < 4.78 is 0. The molecular weight excluding hydrogens is 508 g/mol. The van der Waals surface area contributed by atoms with Crippen LogP contribution >= 0.6 is 0 Å². The van der Waals surface area contributed by atoms with Gasteiger partial charge in [-0.3, -0.25) is 0 Å². The van der Waals surface area contributed by atoms with Gasteiger partial charge in [-0.1, -0.05) is 201 Å². The number of unbranched alkanes of at least 4 members (excludes halogenated alkanes) is 28. The van der Waals surface area contributed by atoms with E-state index in [0.29, 0.717) is 6.17 Å². The van der Waals surface area contributed by atoms with Gasteiger partial charge in [-0.25, -0.2) is 0 Å². The molecule has 2 heteroatoms. The van der Waals surface area contributed by atoms with Gasteiger partial charge < -0.3 is 9.80 Å². The highest BCUT2D eigenvalue weighted by molar-refractivity contribution is 4.97. The van der Waals surface area contributed by atoms with E-state index < -0.39 is 0 Å². The molecule has 2 nitrogen and oxygen atoms in total. The van der Waals surface area contributed by atoms with E-state index in [1.165, 1.54) is 219 Å². The lowest BCUT2D eigenvalue weighted by molar-refractivity contribution is 0.135. The first-order chi connectivity index (χ1) is 20.8. The van der Waals surface area contributed by atoms with Crippen molar-refractivity contribution in [3.63, 3.8) is 0 Å². The van der Waals surface area contributed by atoms with E-state index in [1.807, 2.05) is 0 Å². The van der Waals surface area contributed by atoms with Gasteiger partial charge in [0.25, 0.3) is 0 Å². The zero-order valence-electron chi connectivity index (χ0n) is 29.7. The molecule has 1 rings (SSSR count). The Morgan fingerprint density at radius 1 is 0.310 bits per heavy atom. The normalized spacial score (nSPS) is 15.0. The van der Waals surface area contributed by atoms with Crippen LogP contribution in [0.15, 0.2) is 12.4 Å². The molecule has 0 aromatic carbocycles. The fourth-order valence-corrected chi connectivity index (χ4v) is 6.89. The van der Waals surface area contributed by atoms with Crippen molar-refractivity contribution < 1.29 is 0 Å². The zero-order chi connectivity index (χ0) is 30.2. The molecule has 0 saturated heterocycles. The van der Waals surface area contributed by atoms with E-state index in [4.69, 9.17) is 0 Å². The molecular formula is C40H80N2. The molecule has 0 N–H and O–H groups in total. The number of hydrogen-bond donors (Lipinski definition) is 0. The maximum absolute atomic E-state index is 2.71. The molecule has 1 aliphatic heterocycles. The highest BCUT2D eigenvalue weighted by atomic mass is 15.4. The van der Waals surface area contributed by atoms with Gasteiger partial charge in [-0.2, -0.15) is 0 Å². The second kappa shape index (κ2) is 31.8. The van der Waals surface area contributed by atoms with Crippen molar-refractivity contribution in [2.45, 2.75) is 232 Å². The van der Waals surface area contributed by atoms with Crippen LogP contribution in [0.25, 0.3) is 0 Å². The summed E-state index contributed by atoms with van der Waals surface area (Å²) in [6.45, 7) is 9.49. The number of nitrogens with zero attached hydrogens (tertiary/aromatic N) is 2. The molecule has 1 heterocycles. The van der Waals surface area contributed by atoms with Crippen LogP contribution in [-0.2, 0) is 0 Å². The Kier molecular flexibility index (Phi) is 29.8. The monoisotopic (exact) mass is 589 g/mol. The lowest BCUT2D eigenvalue weighted by atomic mass is 10.0. The first kappa shape index (κ1) is 39.4. The fourth-order valence-electron chi connectivity index (χ4n) is 6.89. The van der Waals surface area contributed by atoms with Crippen molar-refractivity contribution in [2.75, 3.05) is 13.1 Å². The summed E-state index contributed by atoms with van der Waals surface area (Å²) in [6, 6.07) is 0. The lowest BCUT2D eigenvalue weighted by Crippen LogP contribution is -2.39. The van der Waals surface area contributed by atoms with Crippen molar-refractivity contribution >= 4 is 0 Å². The molecule has 0 aliphatic carbocycles.